The van der Waals surface area contributed by atoms with Crippen LogP contribution in [0.2, 0.25) is 5.02 Å². The van der Waals surface area contributed by atoms with Gasteiger partial charge in [-0.15, -0.1) is 0 Å². The molecule has 5 nitrogen and oxygen atoms in total. The first kappa shape index (κ1) is 15.3. The molecular formula is C18H18ClN3O2. The summed E-state index contributed by atoms with van der Waals surface area (Å²) in [6.45, 7) is 2.73. The Kier molecular flexibility index (Phi) is 4.28. The lowest BCUT2D eigenvalue weighted by Crippen LogP contribution is -2.13. The second kappa shape index (κ2) is 6.71. The second-order valence-electron chi connectivity index (χ2n) is 5.82. The van der Waals surface area contributed by atoms with Crippen LogP contribution >= 0.6 is 11.6 Å². The number of fused-ring (bicyclic) bond motifs is 2. The molecule has 0 amide bonds. The number of ether oxygens (including phenoxy) is 2. The topological polar surface area (TPSA) is 59.2 Å². The summed E-state index contributed by atoms with van der Waals surface area (Å²) >= 11 is 6.32. The Morgan fingerprint density at radius 1 is 1.17 bits per heavy atom. The van der Waals surface area contributed by atoms with Crippen molar-refractivity contribution in [1.82, 2.24) is 15.3 Å². The van der Waals surface area contributed by atoms with Gasteiger partial charge in [0, 0.05) is 48.5 Å². The van der Waals surface area contributed by atoms with Gasteiger partial charge in [-0.1, -0.05) is 11.6 Å². The molecule has 0 spiro atoms. The molecule has 2 N–H and O–H groups in total. The SMILES string of the molecule is Clc1cc(CNCc2cc3cnccc3[nH]2)cc2c1OCCCO2. The van der Waals surface area contributed by atoms with Crippen molar-refractivity contribution in [3.05, 3.63) is 52.9 Å². The summed E-state index contributed by atoms with van der Waals surface area (Å²) in [5.41, 5.74) is 3.29. The first-order chi connectivity index (χ1) is 11.8. The Hall–Kier alpha value is -2.24. The van der Waals surface area contributed by atoms with Gasteiger partial charge < -0.3 is 19.8 Å². The third kappa shape index (κ3) is 3.18. The number of nitrogens with one attached hydrogen (secondary N) is 2. The number of rotatable bonds is 4. The molecule has 0 bridgehead atoms. The molecule has 1 aliphatic rings. The van der Waals surface area contributed by atoms with E-state index in [4.69, 9.17) is 21.1 Å². The summed E-state index contributed by atoms with van der Waals surface area (Å²) in [5.74, 6) is 1.38. The molecule has 3 aromatic rings. The van der Waals surface area contributed by atoms with Crippen LogP contribution in [-0.4, -0.2) is 23.2 Å². The molecule has 1 aliphatic heterocycles. The van der Waals surface area contributed by atoms with E-state index in [1.807, 2.05) is 24.4 Å². The summed E-state index contributed by atoms with van der Waals surface area (Å²) in [7, 11) is 0. The van der Waals surface area contributed by atoms with Crippen LogP contribution in [0.3, 0.4) is 0 Å². The fourth-order valence-electron chi connectivity index (χ4n) is 2.86. The van der Waals surface area contributed by atoms with Crippen molar-refractivity contribution >= 4 is 22.5 Å². The summed E-state index contributed by atoms with van der Waals surface area (Å²) < 4.78 is 11.4. The van der Waals surface area contributed by atoms with Gasteiger partial charge >= 0.3 is 0 Å². The van der Waals surface area contributed by atoms with Crippen LogP contribution < -0.4 is 14.8 Å². The number of nitrogens with zero attached hydrogens (tertiary/aromatic N) is 1. The van der Waals surface area contributed by atoms with Crippen molar-refractivity contribution in [2.75, 3.05) is 13.2 Å². The summed E-state index contributed by atoms with van der Waals surface area (Å²) in [6, 6.07) is 8.00. The predicted octanol–water partition coefficient (Wildman–Crippen LogP) is 3.67. The average Bonchev–Trinajstić information content (AvgIpc) is 2.83. The second-order valence-corrected chi connectivity index (χ2v) is 6.22. The van der Waals surface area contributed by atoms with Crippen LogP contribution in [0.1, 0.15) is 17.7 Å². The molecule has 0 atom stereocenters. The van der Waals surface area contributed by atoms with Crippen LogP contribution in [0.4, 0.5) is 0 Å². The van der Waals surface area contributed by atoms with Gasteiger partial charge in [-0.3, -0.25) is 4.98 Å². The molecule has 4 rings (SSSR count). The van der Waals surface area contributed by atoms with Crippen molar-refractivity contribution < 1.29 is 9.47 Å². The van der Waals surface area contributed by atoms with Crippen LogP contribution in [-0.2, 0) is 13.1 Å². The zero-order chi connectivity index (χ0) is 16.4. The van der Waals surface area contributed by atoms with Gasteiger partial charge in [0.2, 0.25) is 0 Å². The van der Waals surface area contributed by atoms with E-state index in [2.05, 4.69) is 21.4 Å². The molecule has 0 saturated carbocycles. The monoisotopic (exact) mass is 343 g/mol. The summed E-state index contributed by atoms with van der Waals surface area (Å²) in [6.07, 6.45) is 4.52. The number of pyridine rings is 1. The maximum absolute atomic E-state index is 6.32. The van der Waals surface area contributed by atoms with Gasteiger partial charge in [-0.2, -0.15) is 0 Å². The zero-order valence-electron chi connectivity index (χ0n) is 13.1. The molecular weight excluding hydrogens is 326 g/mol. The number of hydrogen-bond donors (Lipinski definition) is 2. The highest BCUT2D eigenvalue weighted by atomic mass is 35.5. The first-order valence-electron chi connectivity index (χ1n) is 8.00. The summed E-state index contributed by atoms with van der Waals surface area (Å²) in [4.78, 5) is 7.51. The molecule has 1 aromatic carbocycles. The minimum atomic E-state index is 0.600. The van der Waals surface area contributed by atoms with Gasteiger partial charge in [0.05, 0.1) is 18.2 Å². The van der Waals surface area contributed by atoms with Crippen molar-refractivity contribution in [2.24, 2.45) is 0 Å². The Bertz CT molecular complexity index is 830. The highest BCUT2D eigenvalue weighted by Crippen LogP contribution is 2.37. The maximum atomic E-state index is 6.32. The van der Waals surface area contributed by atoms with E-state index in [0.717, 1.165) is 40.9 Å². The number of aromatic amines is 1. The quantitative estimate of drug-likeness (QED) is 0.759. The third-order valence-electron chi connectivity index (χ3n) is 3.98. The van der Waals surface area contributed by atoms with Crippen molar-refractivity contribution in [1.29, 1.82) is 0 Å². The molecule has 6 heteroatoms. The molecule has 0 radical (unpaired) electrons. The van der Waals surface area contributed by atoms with Crippen LogP contribution in [0.25, 0.3) is 10.9 Å². The number of halogens is 1. The van der Waals surface area contributed by atoms with Gasteiger partial charge in [0.25, 0.3) is 0 Å². The lowest BCUT2D eigenvalue weighted by Gasteiger charge is -2.12. The number of hydrogen-bond acceptors (Lipinski definition) is 4. The lowest BCUT2D eigenvalue weighted by molar-refractivity contribution is 0.297. The molecule has 24 heavy (non-hydrogen) atoms. The molecule has 124 valence electrons. The van der Waals surface area contributed by atoms with Gasteiger partial charge in [0.15, 0.2) is 11.5 Å². The summed E-state index contributed by atoms with van der Waals surface area (Å²) in [5, 5.41) is 5.14. The van der Waals surface area contributed by atoms with Crippen LogP contribution in [0.15, 0.2) is 36.7 Å². The number of H-pyrrole nitrogens is 1. The van der Waals surface area contributed by atoms with E-state index < -0.39 is 0 Å². The number of aromatic nitrogens is 2. The van der Waals surface area contributed by atoms with Crippen molar-refractivity contribution in [3.8, 4) is 11.5 Å². The average molecular weight is 344 g/mol. The Morgan fingerprint density at radius 2 is 2.08 bits per heavy atom. The first-order valence-corrected chi connectivity index (χ1v) is 8.38. The van der Waals surface area contributed by atoms with Gasteiger partial charge in [-0.25, -0.2) is 0 Å². The number of benzene rings is 1. The van der Waals surface area contributed by atoms with E-state index in [-0.39, 0.29) is 0 Å². The Balaban J connectivity index is 1.44. The highest BCUT2D eigenvalue weighted by molar-refractivity contribution is 6.32. The predicted molar refractivity (Wildman–Crippen MR) is 93.7 cm³/mol. The molecule has 0 aliphatic carbocycles. The fourth-order valence-corrected chi connectivity index (χ4v) is 3.14. The van der Waals surface area contributed by atoms with Crippen LogP contribution in [0.5, 0.6) is 11.5 Å². The van der Waals surface area contributed by atoms with Crippen molar-refractivity contribution in [3.63, 3.8) is 0 Å². The standard InChI is InChI=1S/C18H18ClN3O2/c19-15-6-12(7-17-18(15)24-5-1-4-23-17)9-21-11-14-8-13-10-20-3-2-16(13)22-14/h2-3,6-8,10,21-22H,1,4-5,9,11H2. The molecule has 0 saturated heterocycles. The molecule has 3 heterocycles. The van der Waals surface area contributed by atoms with E-state index in [1.54, 1.807) is 6.20 Å². The van der Waals surface area contributed by atoms with Crippen LogP contribution in [0, 0.1) is 0 Å². The normalized spacial score (nSPS) is 13.9. The molecule has 0 unspecified atom stereocenters. The fraction of sp³-hybridized carbons (Fsp3) is 0.278. The molecule has 0 fully saturated rings. The Morgan fingerprint density at radius 3 is 3.00 bits per heavy atom. The van der Waals surface area contributed by atoms with E-state index in [0.29, 0.717) is 30.5 Å². The maximum Gasteiger partial charge on any atom is 0.179 e. The lowest BCUT2D eigenvalue weighted by atomic mass is 10.2. The van der Waals surface area contributed by atoms with Gasteiger partial charge in [0.1, 0.15) is 0 Å². The minimum Gasteiger partial charge on any atom is -0.489 e. The smallest absolute Gasteiger partial charge is 0.179 e. The van der Waals surface area contributed by atoms with E-state index in [1.165, 1.54) is 0 Å². The largest absolute Gasteiger partial charge is 0.489 e. The Labute approximate surface area is 144 Å². The highest BCUT2D eigenvalue weighted by Gasteiger charge is 2.15. The van der Waals surface area contributed by atoms with Gasteiger partial charge in [-0.05, 0) is 29.8 Å². The third-order valence-corrected chi connectivity index (χ3v) is 4.26. The minimum absolute atomic E-state index is 0.600. The van der Waals surface area contributed by atoms with Crippen molar-refractivity contribution in [2.45, 2.75) is 19.5 Å². The van der Waals surface area contributed by atoms with E-state index in [9.17, 15) is 0 Å². The van der Waals surface area contributed by atoms with E-state index >= 15 is 0 Å². The molecule has 2 aromatic heterocycles. The zero-order valence-corrected chi connectivity index (χ0v) is 13.9.